The first kappa shape index (κ1) is 17.4. The van der Waals surface area contributed by atoms with Crippen LogP contribution in [-0.4, -0.2) is 59.1 Å². The van der Waals surface area contributed by atoms with Crippen LogP contribution in [0.5, 0.6) is 0 Å². The Labute approximate surface area is 144 Å². The number of carbonyl (C=O) groups excluding carboxylic acids is 1. The van der Waals surface area contributed by atoms with Gasteiger partial charge in [0.05, 0.1) is 29.0 Å². The SMILES string of the molecule is CCCn1cc(C(=O)N2CC[C@]3(OC)CC[C@H](OC)C[C@H]23)c(C)n1. The molecular formula is C18H29N3O3. The summed E-state index contributed by atoms with van der Waals surface area (Å²) in [5.41, 5.74) is 1.32. The summed E-state index contributed by atoms with van der Waals surface area (Å²) in [4.78, 5) is 15.2. The molecular weight excluding hydrogens is 306 g/mol. The molecule has 2 heterocycles. The fraction of sp³-hybridized carbons (Fsp3) is 0.778. The van der Waals surface area contributed by atoms with E-state index in [1.54, 1.807) is 14.2 Å². The molecule has 0 N–H and O–H groups in total. The summed E-state index contributed by atoms with van der Waals surface area (Å²) in [5.74, 6) is 0.0792. The summed E-state index contributed by atoms with van der Waals surface area (Å²) in [6.07, 6.45) is 6.79. The zero-order valence-corrected chi connectivity index (χ0v) is 15.2. The van der Waals surface area contributed by atoms with E-state index in [0.717, 1.165) is 56.5 Å². The highest BCUT2D eigenvalue weighted by Gasteiger charge is 2.52. The number of likely N-dealkylation sites (tertiary alicyclic amines) is 1. The third kappa shape index (κ3) is 2.86. The summed E-state index contributed by atoms with van der Waals surface area (Å²) in [5, 5.41) is 4.48. The Morgan fingerprint density at radius 3 is 2.88 bits per heavy atom. The number of hydrogen-bond donors (Lipinski definition) is 0. The van der Waals surface area contributed by atoms with Gasteiger partial charge in [-0.25, -0.2) is 0 Å². The fourth-order valence-corrected chi connectivity index (χ4v) is 4.35. The molecule has 1 amide bonds. The van der Waals surface area contributed by atoms with Crippen molar-refractivity contribution in [2.24, 2.45) is 0 Å². The average Bonchev–Trinajstić information content (AvgIpc) is 3.15. The minimum absolute atomic E-state index is 0.0792. The number of fused-ring (bicyclic) bond motifs is 1. The lowest BCUT2D eigenvalue weighted by atomic mass is 9.79. The Balaban J connectivity index is 1.84. The third-order valence-corrected chi connectivity index (χ3v) is 5.77. The highest BCUT2D eigenvalue weighted by molar-refractivity contribution is 5.95. The van der Waals surface area contributed by atoms with E-state index in [4.69, 9.17) is 9.47 Å². The molecule has 0 spiro atoms. The Morgan fingerprint density at radius 2 is 2.21 bits per heavy atom. The van der Waals surface area contributed by atoms with Crippen molar-refractivity contribution in [2.75, 3.05) is 20.8 Å². The summed E-state index contributed by atoms with van der Waals surface area (Å²) in [6.45, 7) is 5.61. The number of nitrogens with zero attached hydrogens (tertiary/aromatic N) is 3. The predicted molar refractivity (Wildman–Crippen MR) is 91.1 cm³/mol. The molecule has 3 rings (SSSR count). The molecule has 0 aromatic carbocycles. The van der Waals surface area contributed by atoms with Gasteiger partial charge in [-0.3, -0.25) is 9.48 Å². The van der Waals surface area contributed by atoms with Gasteiger partial charge in [0.15, 0.2) is 0 Å². The Hall–Kier alpha value is -1.40. The number of carbonyl (C=O) groups is 1. The first-order chi connectivity index (χ1) is 11.5. The van der Waals surface area contributed by atoms with Crippen molar-refractivity contribution < 1.29 is 14.3 Å². The molecule has 2 aliphatic rings. The van der Waals surface area contributed by atoms with Crippen LogP contribution in [0.1, 0.15) is 55.1 Å². The molecule has 6 heteroatoms. The molecule has 0 bridgehead atoms. The monoisotopic (exact) mass is 335 g/mol. The average molecular weight is 335 g/mol. The van der Waals surface area contributed by atoms with Gasteiger partial charge in [-0.2, -0.15) is 5.10 Å². The van der Waals surface area contributed by atoms with Crippen LogP contribution in [0.3, 0.4) is 0 Å². The van der Waals surface area contributed by atoms with Gasteiger partial charge in [-0.1, -0.05) is 6.92 Å². The summed E-state index contributed by atoms with van der Waals surface area (Å²) >= 11 is 0. The third-order valence-electron chi connectivity index (χ3n) is 5.77. The quantitative estimate of drug-likeness (QED) is 0.829. The van der Waals surface area contributed by atoms with E-state index in [1.165, 1.54) is 0 Å². The van der Waals surface area contributed by atoms with E-state index in [0.29, 0.717) is 0 Å². The van der Waals surface area contributed by atoms with E-state index in [2.05, 4.69) is 12.0 Å². The Bertz CT molecular complexity index is 600. The largest absolute Gasteiger partial charge is 0.381 e. The number of methoxy groups -OCH3 is 2. The molecule has 1 saturated heterocycles. The van der Waals surface area contributed by atoms with Crippen LogP contribution in [0.15, 0.2) is 6.20 Å². The van der Waals surface area contributed by atoms with Crippen LogP contribution in [-0.2, 0) is 16.0 Å². The normalized spacial score (nSPS) is 29.8. The summed E-state index contributed by atoms with van der Waals surface area (Å²) in [7, 11) is 3.53. The molecule has 2 fully saturated rings. The van der Waals surface area contributed by atoms with Crippen LogP contribution >= 0.6 is 0 Å². The second-order valence-electron chi connectivity index (χ2n) is 7.06. The number of amides is 1. The zero-order valence-electron chi connectivity index (χ0n) is 15.2. The lowest BCUT2D eigenvalue weighted by Crippen LogP contribution is -2.53. The second kappa shape index (κ2) is 6.84. The molecule has 134 valence electrons. The van der Waals surface area contributed by atoms with Crippen LogP contribution < -0.4 is 0 Å². The highest BCUT2D eigenvalue weighted by atomic mass is 16.5. The van der Waals surface area contributed by atoms with E-state index >= 15 is 0 Å². The number of hydrogen-bond acceptors (Lipinski definition) is 4. The first-order valence-electron chi connectivity index (χ1n) is 8.97. The Kier molecular flexibility index (Phi) is 4.97. The molecule has 24 heavy (non-hydrogen) atoms. The number of ether oxygens (including phenoxy) is 2. The molecule has 0 radical (unpaired) electrons. The predicted octanol–water partition coefficient (Wildman–Crippen LogP) is 2.40. The topological polar surface area (TPSA) is 56.6 Å². The van der Waals surface area contributed by atoms with Crippen molar-refractivity contribution in [1.82, 2.24) is 14.7 Å². The molecule has 3 atom stereocenters. The van der Waals surface area contributed by atoms with Crippen molar-refractivity contribution in [1.29, 1.82) is 0 Å². The van der Waals surface area contributed by atoms with Gasteiger partial charge in [0.2, 0.25) is 0 Å². The highest BCUT2D eigenvalue weighted by Crippen LogP contribution is 2.43. The lowest BCUT2D eigenvalue weighted by molar-refractivity contribution is -0.0893. The van der Waals surface area contributed by atoms with Gasteiger partial charge < -0.3 is 14.4 Å². The first-order valence-corrected chi connectivity index (χ1v) is 8.97. The van der Waals surface area contributed by atoms with E-state index in [1.807, 2.05) is 22.7 Å². The maximum Gasteiger partial charge on any atom is 0.257 e. The molecule has 1 aromatic heterocycles. The Morgan fingerprint density at radius 1 is 1.42 bits per heavy atom. The molecule has 1 aliphatic carbocycles. The van der Waals surface area contributed by atoms with E-state index in [-0.39, 0.29) is 23.7 Å². The standard InChI is InChI=1S/C18H29N3O3/c1-5-9-20-12-15(13(2)19-20)17(22)21-10-8-18(24-4)7-6-14(23-3)11-16(18)21/h12,14,16H,5-11H2,1-4H3/t14-,16-,18+/m0/s1. The van der Waals surface area contributed by atoms with E-state index in [9.17, 15) is 4.79 Å². The van der Waals surface area contributed by atoms with Crippen LogP contribution in [0.2, 0.25) is 0 Å². The summed E-state index contributed by atoms with van der Waals surface area (Å²) in [6, 6.07) is 0.0858. The van der Waals surface area contributed by atoms with Gasteiger partial charge in [0, 0.05) is 33.5 Å². The van der Waals surface area contributed by atoms with Crippen molar-refractivity contribution >= 4 is 5.91 Å². The maximum atomic E-state index is 13.2. The molecule has 1 aliphatic heterocycles. The van der Waals surface area contributed by atoms with Crippen LogP contribution in [0.4, 0.5) is 0 Å². The molecule has 1 aromatic rings. The minimum Gasteiger partial charge on any atom is -0.381 e. The van der Waals surface area contributed by atoms with Crippen molar-refractivity contribution in [2.45, 2.75) is 70.2 Å². The van der Waals surface area contributed by atoms with Crippen molar-refractivity contribution in [3.05, 3.63) is 17.5 Å². The lowest BCUT2D eigenvalue weighted by Gasteiger charge is -2.43. The van der Waals surface area contributed by atoms with Crippen LogP contribution in [0.25, 0.3) is 0 Å². The second-order valence-corrected chi connectivity index (χ2v) is 7.06. The number of rotatable bonds is 5. The molecule has 0 unspecified atom stereocenters. The van der Waals surface area contributed by atoms with Gasteiger partial charge >= 0.3 is 0 Å². The van der Waals surface area contributed by atoms with Gasteiger partial charge in [-0.05, 0) is 39.0 Å². The number of aryl methyl sites for hydroxylation is 2. The minimum atomic E-state index is -0.210. The van der Waals surface area contributed by atoms with Crippen molar-refractivity contribution in [3.8, 4) is 0 Å². The fourth-order valence-electron chi connectivity index (χ4n) is 4.35. The van der Waals surface area contributed by atoms with Gasteiger partial charge in [0.1, 0.15) is 0 Å². The molecule has 1 saturated carbocycles. The van der Waals surface area contributed by atoms with Crippen LogP contribution in [0, 0.1) is 6.92 Å². The van der Waals surface area contributed by atoms with E-state index < -0.39 is 0 Å². The molecule has 6 nitrogen and oxygen atoms in total. The van der Waals surface area contributed by atoms with Gasteiger partial charge in [0.25, 0.3) is 5.91 Å². The van der Waals surface area contributed by atoms with Gasteiger partial charge in [-0.15, -0.1) is 0 Å². The zero-order chi connectivity index (χ0) is 17.3. The smallest absolute Gasteiger partial charge is 0.257 e. The van der Waals surface area contributed by atoms with Crippen molar-refractivity contribution in [3.63, 3.8) is 0 Å². The summed E-state index contributed by atoms with van der Waals surface area (Å²) < 4.78 is 13.4. The number of aromatic nitrogens is 2. The maximum absolute atomic E-state index is 13.2.